The molecular weight excluding hydrogens is 244 g/mol. The van der Waals surface area contributed by atoms with Gasteiger partial charge < -0.3 is 15.7 Å². The van der Waals surface area contributed by atoms with E-state index in [1.165, 1.54) is 0 Å². The zero-order valence-electron chi connectivity index (χ0n) is 11.6. The highest BCUT2D eigenvalue weighted by Crippen LogP contribution is 2.33. The molecule has 19 heavy (non-hydrogen) atoms. The van der Waals surface area contributed by atoms with Gasteiger partial charge in [-0.25, -0.2) is 0 Å². The van der Waals surface area contributed by atoms with Gasteiger partial charge in [-0.05, 0) is 38.0 Å². The number of amides is 2. The molecule has 0 bridgehead atoms. The maximum atomic E-state index is 11.9. The van der Waals surface area contributed by atoms with Crippen LogP contribution in [0, 0.1) is 5.92 Å². The lowest BCUT2D eigenvalue weighted by Gasteiger charge is -2.36. The van der Waals surface area contributed by atoms with Gasteiger partial charge in [-0.1, -0.05) is 13.3 Å². The molecule has 3 N–H and O–H groups in total. The van der Waals surface area contributed by atoms with E-state index >= 15 is 0 Å². The molecule has 0 aromatic carbocycles. The summed E-state index contributed by atoms with van der Waals surface area (Å²) in [6.45, 7) is 2.48. The zero-order valence-corrected chi connectivity index (χ0v) is 11.6. The first-order valence-electron chi connectivity index (χ1n) is 7.32. The number of nitrogens with one attached hydrogen (secondary N) is 2. The first-order chi connectivity index (χ1) is 9.02. The van der Waals surface area contributed by atoms with Crippen LogP contribution >= 0.6 is 0 Å². The van der Waals surface area contributed by atoms with Gasteiger partial charge in [0, 0.05) is 13.0 Å². The van der Waals surface area contributed by atoms with Crippen LogP contribution in [0.25, 0.3) is 0 Å². The van der Waals surface area contributed by atoms with Crippen LogP contribution in [0.4, 0.5) is 0 Å². The van der Waals surface area contributed by atoms with Gasteiger partial charge in [-0.2, -0.15) is 0 Å². The van der Waals surface area contributed by atoms with Crippen molar-refractivity contribution in [2.75, 3.05) is 6.54 Å². The molecule has 0 aromatic rings. The van der Waals surface area contributed by atoms with Gasteiger partial charge in [0.2, 0.25) is 11.8 Å². The fourth-order valence-electron chi connectivity index (χ4n) is 2.99. The molecule has 2 fully saturated rings. The molecule has 2 rings (SSSR count). The van der Waals surface area contributed by atoms with Gasteiger partial charge in [-0.15, -0.1) is 0 Å². The fraction of sp³-hybridized carbons (Fsp3) is 0.857. The molecule has 1 aliphatic heterocycles. The second-order valence-corrected chi connectivity index (χ2v) is 5.95. The Morgan fingerprint density at radius 2 is 2.11 bits per heavy atom. The highest BCUT2D eigenvalue weighted by Gasteiger charge is 2.34. The van der Waals surface area contributed by atoms with Gasteiger partial charge in [-0.3, -0.25) is 9.59 Å². The molecule has 5 nitrogen and oxygen atoms in total. The molecule has 1 saturated carbocycles. The van der Waals surface area contributed by atoms with Gasteiger partial charge in [0.15, 0.2) is 0 Å². The number of rotatable bonds is 4. The molecule has 1 heterocycles. The quantitative estimate of drug-likeness (QED) is 0.702. The summed E-state index contributed by atoms with van der Waals surface area (Å²) in [5.74, 6) is 0.476. The lowest BCUT2D eigenvalue weighted by Crippen LogP contribution is -2.49. The second kappa shape index (κ2) is 5.90. The lowest BCUT2D eigenvalue weighted by atomic mass is 9.78. The van der Waals surface area contributed by atoms with Crippen molar-refractivity contribution >= 4 is 11.8 Å². The molecule has 1 atom stereocenters. The average Bonchev–Trinajstić information content (AvgIpc) is 2.84. The third kappa shape index (κ3) is 3.69. The van der Waals surface area contributed by atoms with E-state index in [-0.39, 0.29) is 11.8 Å². The Kier molecular flexibility index (Phi) is 4.45. The lowest BCUT2D eigenvalue weighted by molar-refractivity contribution is -0.127. The predicted octanol–water partition coefficient (Wildman–Crippen LogP) is 0.712. The van der Waals surface area contributed by atoms with Crippen LogP contribution < -0.4 is 10.6 Å². The Bertz CT molecular complexity index is 349. The van der Waals surface area contributed by atoms with Crippen molar-refractivity contribution < 1.29 is 14.7 Å². The van der Waals surface area contributed by atoms with Crippen LogP contribution in [-0.2, 0) is 9.59 Å². The summed E-state index contributed by atoms with van der Waals surface area (Å²) in [6, 6.07) is -0.414. The van der Waals surface area contributed by atoms with Gasteiger partial charge >= 0.3 is 0 Å². The van der Waals surface area contributed by atoms with Crippen molar-refractivity contribution in [1.82, 2.24) is 10.6 Å². The summed E-state index contributed by atoms with van der Waals surface area (Å²) in [5, 5.41) is 15.8. The minimum Gasteiger partial charge on any atom is -0.388 e. The molecule has 1 saturated heterocycles. The number of hydrogen-bond donors (Lipinski definition) is 3. The monoisotopic (exact) mass is 268 g/mol. The fourth-order valence-corrected chi connectivity index (χ4v) is 2.99. The van der Waals surface area contributed by atoms with Crippen molar-refractivity contribution in [1.29, 1.82) is 0 Å². The van der Waals surface area contributed by atoms with E-state index in [9.17, 15) is 14.7 Å². The number of hydrogen-bond acceptors (Lipinski definition) is 3. The van der Waals surface area contributed by atoms with Crippen molar-refractivity contribution in [3.8, 4) is 0 Å². The molecular formula is C14H24N2O3. The molecule has 5 heteroatoms. The van der Waals surface area contributed by atoms with Crippen LogP contribution in [0.1, 0.15) is 51.9 Å². The van der Waals surface area contributed by atoms with Crippen LogP contribution in [0.15, 0.2) is 0 Å². The van der Waals surface area contributed by atoms with E-state index in [1.807, 2.05) is 0 Å². The Labute approximate surface area is 114 Å². The normalized spacial score (nSPS) is 34.9. The Morgan fingerprint density at radius 1 is 1.42 bits per heavy atom. The van der Waals surface area contributed by atoms with Crippen molar-refractivity contribution in [3.05, 3.63) is 0 Å². The van der Waals surface area contributed by atoms with E-state index in [2.05, 4.69) is 17.6 Å². The molecule has 0 radical (unpaired) electrons. The minimum absolute atomic E-state index is 0.0673. The molecule has 1 aliphatic carbocycles. The zero-order chi connectivity index (χ0) is 13.9. The Morgan fingerprint density at radius 3 is 2.63 bits per heavy atom. The molecule has 2 amide bonds. The number of aliphatic hydroxyl groups is 1. The smallest absolute Gasteiger partial charge is 0.242 e. The third-order valence-corrected chi connectivity index (χ3v) is 4.52. The van der Waals surface area contributed by atoms with Crippen molar-refractivity contribution in [3.63, 3.8) is 0 Å². The van der Waals surface area contributed by atoms with E-state index in [1.54, 1.807) is 0 Å². The summed E-state index contributed by atoms with van der Waals surface area (Å²) >= 11 is 0. The number of carbonyl (C=O) groups excluding carboxylic acids is 2. The van der Waals surface area contributed by atoms with E-state index < -0.39 is 11.6 Å². The first kappa shape index (κ1) is 14.3. The molecule has 0 spiro atoms. The SMILES string of the molecule is CCC1CCC(O)(CNC(=O)[C@@H]2CCC(=O)N2)CC1. The van der Waals surface area contributed by atoms with Crippen LogP contribution in [0.5, 0.6) is 0 Å². The van der Waals surface area contributed by atoms with Gasteiger partial charge in [0.05, 0.1) is 5.60 Å². The first-order valence-corrected chi connectivity index (χ1v) is 7.32. The Hall–Kier alpha value is -1.10. The van der Waals surface area contributed by atoms with E-state index in [0.29, 0.717) is 25.3 Å². The standard InChI is InChI=1S/C14H24N2O3/c1-2-10-5-7-14(19,8-6-10)9-15-13(18)11-3-4-12(17)16-11/h10-11,19H,2-9H2,1H3,(H,15,18)(H,16,17)/t10?,11-,14?/m0/s1. The number of carbonyl (C=O) groups is 2. The maximum absolute atomic E-state index is 11.9. The molecule has 2 aliphatic rings. The van der Waals surface area contributed by atoms with Crippen LogP contribution in [0.3, 0.4) is 0 Å². The van der Waals surface area contributed by atoms with E-state index in [0.717, 1.165) is 32.1 Å². The minimum atomic E-state index is -0.760. The second-order valence-electron chi connectivity index (χ2n) is 5.95. The molecule has 108 valence electrons. The maximum Gasteiger partial charge on any atom is 0.242 e. The van der Waals surface area contributed by atoms with Crippen molar-refractivity contribution in [2.24, 2.45) is 5.92 Å². The third-order valence-electron chi connectivity index (χ3n) is 4.52. The summed E-state index contributed by atoms with van der Waals surface area (Å²) in [7, 11) is 0. The predicted molar refractivity (Wildman–Crippen MR) is 71.4 cm³/mol. The highest BCUT2D eigenvalue weighted by molar-refractivity contribution is 5.90. The van der Waals surface area contributed by atoms with E-state index in [4.69, 9.17) is 0 Å². The highest BCUT2D eigenvalue weighted by atomic mass is 16.3. The average molecular weight is 268 g/mol. The van der Waals surface area contributed by atoms with Crippen molar-refractivity contribution in [2.45, 2.75) is 63.5 Å². The van der Waals surface area contributed by atoms with Crippen LogP contribution in [-0.4, -0.2) is 35.1 Å². The molecule has 0 aromatic heterocycles. The molecule has 0 unspecified atom stereocenters. The summed E-state index contributed by atoms with van der Waals surface area (Å²) in [6.07, 6.45) is 5.70. The van der Waals surface area contributed by atoms with Gasteiger partial charge in [0.25, 0.3) is 0 Å². The van der Waals surface area contributed by atoms with Crippen LogP contribution in [0.2, 0.25) is 0 Å². The largest absolute Gasteiger partial charge is 0.388 e. The van der Waals surface area contributed by atoms with Gasteiger partial charge in [0.1, 0.15) is 6.04 Å². The summed E-state index contributed by atoms with van der Waals surface area (Å²) in [4.78, 5) is 22.9. The Balaban J connectivity index is 1.75. The topological polar surface area (TPSA) is 78.4 Å². The summed E-state index contributed by atoms with van der Waals surface area (Å²) in [5.41, 5.74) is -0.760. The summed E-state index contributed by atoms with van der Waals surface area (Å²) < 4.78 is 0.